The number of ether oxygens (including phenoxy) is 5. The maximum atomic E-state index is 12.8. The molecule has 0 saturated heterocycles. The van der Waals surface area contributed by atoms with Gasteiger partial charge in [0.15, 0.2) is 0 Å². The van der Waals surface area contributed by atoms with Crippen molar-refractivity contribution in [3.8, 4) is 28.7 Å². The lowest BCUT2D eigenvalue weighted by molar-refractivity contribution is -0.193. The molecule has 1 amide bonds. The number of Topliss-reactive ketones (excluding diaryl/α,β-unsaturated/α-hetero) is 4. The number of nitrogens with zero attached hydrogens (tertiary/aromatic N) is 5. The zero-order valence-electron chi connectivity index (χ0n) is 83.0. The maximum Gasteiger partial charge on any atom is 0.373 e. The Morgan fingerprint density at radius 2 is 0.783 bits per heavy atom. The van der Waals surface area contributed by atoms with Crippen molar-refractivity contribution in [2.24, 2.45) is 39.9 Å². The van der Waals surface area contributed by atoms with Crippen LogP contribution in [-0.4, -0.2) is 128 Å². The summed E-state index contributed by atoms with van der Waals surface area (Å²) in [6.07, 6.45) is 22.0. The molecule has 5 aromatic heterocycles. The van der Waals surface area contributed by atoms with Crippen molar-refractivity contribution in [1.29, 1.82) is 0 Å². The number of hydrogen-bond acceptors (Lipinski definition) is 29. The molecule has 3 fully saturated rings. The Morgan fingerprint density at radius 1 is 0.442 bits per heavy atom. The third-order valence-corrected chi connectivity index (χ3v) is 24.1. The monoisotopic (exact) mass is 1900 g/mol. The number of nitrogens with two attached hydrogens (primary N) is 5. The number of hydrogen-bond donors (Lipinski definition) is 7. The fraction of sp³-hybridized carbons (Fsp3) is 0.486. The van der Waals surface area contributed by atoms with Gasteiger partial charge < -0.3 is 62.8 Å². The van der Waals surface area contributed by atoms with E-state index in [9.17, 15) is 33.9 Å². The highest BCUT2D eigenvalue weighted by Crippen LogP contribution is 2.41. The van der Waals surface area contributed by atoms with E-state index in [1.54, 1.807) is 25.1 Å². The zero-order chi connectivity index (χ0) is 103. The number of aromatic carboxylic acids is 1. The summed E-state index contributed by atoms with van der Waals surface area (Å²) in [4.78, 5) is 161. The molecule has 0 atom stereocenters. The molecule has 0 bridgehead atoms. The summed E-state index contributed by atoms with van der Waals surface area (Å²) < 4.78 is 30.5. The minimum Gasteiger partial charge on any atom is -0.492 e. The van der Waals surface area contributed by atoms with E-state index in [1.807, 2.05) is 180 Å². The number of fused-ring (bicyclic) bond motifs is 5. The van der Waals surface area contributed by atoms with Gasteiger partial charge in [-0.3, -0.25) is 48.9 Å². The van der Waals surface area contributed by atoms with E-state index in [-0.39, 0.29) is 90.0 Å². The van der Waals surface area contributed by atoms with Crippen LogP contribution >= 0.6 is 0 Å². The number of carbonyl (C=O) groups excluding carboxylic acids is 13. The van der Waals surface area contributed by atoms with Crippen molar-refractivity contribution in [3.05, 3.63) is 149 Å². The predicted molar refractivity (Wildman–Crippen MR) is 530 cm³/mol. The number of ketones is 4. The first kappa shape index (κ1) is 115. The Hall–Kier alpha value is -13.7. The molecule has 13 rings (SSSR count). The molecular formula is C107H139N11O20. The van der Waals surface area contributed by atoms with Gasteiger partial charge in [0.05, 0.1) is 94.3 Å². The van der Waals surface area contributed by atoms with E-state index >= 15 is 0 Å². The number of aromatic nitrogens is 5. The van der Waals surface area contributed by atoms with E-state index in [1.165, 1.54) is 32.1 Å². The first-order valence-corrected chi connectivity index (χ1v) is 47.2. The first-order valence-electron chi connectivity index (χ1n) is 47.2. The summed E-state index contributed by atoms with van der Waals surface area (Å²) in [5.41, 5.74) is 40.1. The van der Waals surface area contributed by atoms with E-state index in [2.05, 4.69) is 57.9 Å². The molecular weight excluding hydrogens is 1760 g/mol. The van der Waals surface area contributed by atoms with Gasteiger partial charge in [-0.2, -0.15) is 38.4 Å². The van der Waals surface area contributed by atoms with Gasteiger partial charge in [0.25, 0.3) is 0 Å². The van der Waals surface area contributed by atoms with Gasteiger partial charge in [0, 0.05) is 89.1 Å². The molecule has 12 N–H and O–H groups in total. The van der Waals surface area contributed by atoms with Crippen LogP contribution in [0, 0.1) is 67.6 Å². The lowest BCUT2D eigenvalue weighted by Gasteiger charge is -2.30. The predicted octanol–water partition coefficient (Wildman–Crippen LogP) is 19.5. The Labute approximate surface area is 808 Å². The molecule has 0 spiro atoms. The van der Waals surface area contributed by atoms with Gasteiger partial charge in [0.1, 0.15) is 77.3 Å². The molecule has 3 saturated carbocycles. The SMILES string of the molecule is CCCCC(=O)C(C)(C)COc1cccc2nc(C)c(C(=O)O)c(N)c12.CCCCC(=O)C(C)(C)COc1cccc2nc(CC)cc(N)c12.Cc1cc(N)c2c(OC3CCC(C(=O)CC(C)C)CC3)cccc2n1.Cc1cc(N)c2c(OC3CCC(NC(=O)C(C)C)CC3)cccc2n1.Cc1cc(N)c2c(OCC(C)(C)C(=O)CC3CCCCC3)cccc2n1.O=C=O.O=C=O.O=C=O.O=C=O. The Morgan fingerprint density at radius 3 is 1.14 bits per heavy atom. The van der Waals surface area contributed by atoms with Crippen molar-refractivity contribution in [1.82, 2.24) is 30.2 Å². The first-order chi connectivity index (χ1) is 65.5. The summed E-state index contributed by atoms with van der Waals surface area (Å²) in [6, 6.07) is 36.3. The van der Waals surface area contributed by atoms with E-state index < -0.39 is 22.2 Å². The van der Waals surface area contributed by atoms with Gasteiger partial charge in [-0.05, 0) is 237 Å². The van der Waals surface area contributed by atoms with Crippen LogP contribution in [-0.2, 0) is 68.7 Å². The highest BCUT2D eigenvalue weighted by Gasteiger charge is 2.35. The number of anilines is 5. The van der Waals surface area contributed by atoms with Gasteiger partial charge in [-0.25, -0.2) is 4.79 Å². The average molecular weight is 1900 g/mol. The number of carboxylic acid groups (broad SMARTS) is 1. The van der Waals surface area contributed by atoms with Crippen molar-refractivity contribution in [2.45, 2.75) is 277 Å². The molecule has 742 valence electrons. The fourth-order valence-electron chi connectivity index (χ4n) is 16.5. The lowest BCUT2D eigenvalue weighted by Crippen LogP contribution is -2.41. The molecule has 3 aliphatic carbocycles. The van der Waals surface area contributed by atoms with Gasteiger partial charge in [0.2, 0.25) is 5.91 Å². The summed E-state index contributed by atoms with van der Waals surface area (Å²) >= 11 is 0. The summed E-state index contributed by atoms with van der Waals surface area (Å²) in [6.45, 7) is 34.1. The van der Waals surface area contributed by atoms with Gasteiger partial charge in [-0.1, -0.05) is 124 Å². The third-order valence-electron chi connectivity index (χ3n) is 24.1. The summed E-state index contributed by atoms with van der Waals surface area (Å²) in [7, 11) is 0. The van der Waals surface area contributed by atoms with Crippen LogP contribution in [0.1, 0.15) is 264 Å². The zero-order valence-corrected chi connectivity index (χ0v) is 83.0. The van der Waals surface area contributed by atoms with Crippen LogP contribution in [0.5, 0.6) is 28.7 Å². The molecule has 0 aliphatic heterocycles. The largest absolute Gasteiger partial charge is 0.492 e. The summed E-state index contributed by atoms with van der Waals surface area (Å²) in [5, 5.41) is 16.4. The second kappa shape index (κ2) is 56.7. The molecule has 10 aromatic rings. The van der Waals surface area contributed by atoms with Crippen molar-refractivity contribution in [2.75, 3.05) is 48.5 Å². The molecule has 3 aliphatic rings. The average Bonchev–Trinajstić information content (AvgIpc) is 0.776. The molecule has 138 heavy (non-hydrogen) atoms. The van der Waals surface area contributed by atoms with Crippen LogP contribution in [0.15, 0.2) is 115 Å². The number of nitrogens with one attached hydrogen (secondary N) is 1. The standard InChI is InChI=1S/C22H30N2O2.C21H28N2O2.C20H27N3O2.C20H26N2O4.C20H28N2O2.4CO2/c1-15-12-17(23)21-18(24-15)10-7-11-19(21)26-14-22(2,3)20(25)13-16-8-5-4-6-9-16;1-13(2)11-19(24)15-7-9-16(10-8-15)25-20-6-4-5-18-21(20)17(22)12-14(3)23-18;1-12(2)20(24)23-14-7-9-15(10-8-14)25-18-6-4-5-17-19(18)16(21)11-13(3)22-17;1-5-6-10-15(23)20(3,4)11-26-14-9-7-8-13-17(14)18(21)16(19(24)25)12(2)22-13;1-5-7-11-18(23)20(3,4)13-24-17-10-8-9-16-19(17)15(21)12-14(6-2)22-16;4*2-1-3/h7,10-12,16H,4-6,8-9,13-14H2,1-3H3,(H2,23,24);4-6,12-13,15-16H,7-11H2,1-3H3,(H2,22,23);4-6,11-12,14-15H,7-10H2,1-3H3,(H2,21,22)(H,23,24);7-9H,5-6,10-11H2,1-4H3,(H2,21,22)(H,24,25);8-10,12H,5-7,11,13H2,1-4H3,(H2,21,22);;;;. The Kier molecular flexibility index (Phi) is 47.2. The highest BCUT2D eigenvalue weighted by molar-refractivity contribution is 6.07. The van der Waals surface area contributed by atoms with E-state index in [0.717, 1.165) is 161 Å². The van der Waals surface area contributed by atoms with E-state index in [0.29, 0.717) is 119 Å². The topological polar surface area (TPSA) is 512 Å². The van der Waals surface area contributed by atoms with Crippen molar-refractivity contribution >= 4 is 143 Å². The number of unbranched alkanes of at least 4 members (excludes halogenated alkanes) is 2. The fourth-order valence-corrected chi connectivity index (χ4v) is 16.5. The highest BCUT2D eigenvalue weighted by atomic mass is 16.5. The smallest absolute Gasteiger partial charge is 0.373 e. The third kappa shape index (κ3) is 35.1. The number of benzene rings is 5. The molecule has 5 heterocycles. The minimum atomic E-state index is -1.13. The maximum absolute atomic E-state index is 12.8. The number of pyridine rings is 5. The van der Waals surface area contributed by atoms with Crippen molar-refractivity contribution in [3.63, 3.8) is 0 Å². The molecule has 0 radical (unpaired) electrons. The number of aryl methyl sites for hydroxylation is 5. The second-order valence-electron chi connectivity index (χ2n) is 37.6. The van der Waals surface area contributed by atoms with Crippen LogP contribution in [0.25, 0.3) is 54.5 Å². The quantitative estimate of drug-likeness (QED) is 0.0212. The van der Waals surface area contributed by atoms with Crippen LogP contribution in [0.3, 0.4) is 0 Å². The Bertz CT molecular complexity index is 5840. The second-order valence-corrected chi connectivity index (χ2v) is 37.6. The normalized spacial score (nSPS) is 14.9. The molecule has 5 aromatic carbocycles. The summed E-state index contributed by atoms with van der Waals surface area (Å²) in [5.74, 6) is 4.78. The van der Waals surface area contributed by atoms with Gasteiger partial charge in [-0.15, -0.1) is 0 Å². The van der Waals surface area contributed by atoms with Gasteiger partial charge >= 0.3 is 30.6 Å². The van der Waals surface area contributed by atoms with Crippen LogP contribution < -0.4 is 57.7 Å². The lowest BCUT2D eigenvalue weighted by atomic mass is 9.79. The number of nitrogen functional groups attached to an aromatic ring is 5. The minimum absolute atomic E-state index is 0.0215. The van der Waals surface area contributed by atoms with Crippen molar-refractivity contribution < 1.29 is 95.9 Å². The van der Waals surface area contributed by atoms with Crippen LogP contribution in [0.2, 0.25) is 0 Å². The molecule has 0 unspecified atom stereocenters. The van der Waals surface area contributed by atoms with E-state index in [4.69, 9.17) is 90.7 Å². The Balaban J connectivity index is 0.000000295. The number of carbonyl (C=O) groups is 6. The number of rotatable bonds is 31. The van der Waals surface area contributed by atoms with Crippen LogP contribution in [0.4, 0.5) is 28.4 Å². The molecule has 31 heteroatoms. The number of carboxylic acids is 1. The molecule has 31 nitrogen and oxygen atoms in total. The number of amides is 1.